The minimum absolute atomic E-state index is 0.317. The van der Waals surface area contributed by atoms with Gasteiger partial charge in [0.05, 0.1) is 16.2 Å². The summed E-state index contributed by atoms with van der Waals surface area (Å²) in [6.45, 7) is 3.83. The lowest BCUT2D eigenvalue weighted by atomic mass is 10.1. The highest BCUT2D eigenvalue weighted by Crippen LogP contribution is 2.29. The number of anilines is 1. The molecule has 0 aliphatic carbocycles. The van der Waals surface area contributed by atoms with Gasteiger partial charge >= 0.3 is 0 Å². The highest BCUT2D eigenvalue weighted by Gasteiger charge is 2.17. The molecule has 0 saturated carbocycles. The average Bonchev–Trinajstić information content (AvgIpc) is 2.81. The molecule has 0 aliphatic heterocycles. The Morgan fingerprint density at radius 1 is 1.13 bits per heavy atom. The molecular weight excluding hydrogens is 333 g/mol. The Kier molecular flexibility index (Phi) is 4.04. The summed E-state index contributed by atoms with van der Waals surface area (Å²) in [4.78, 5) is 12.6. The van der Waals surface area contributed by atoms with Crippen molar-refractivity contribution in [2.75, 3.05) is 5.32 Å². The first kappa shape index (κ1) is 15.8. The number of benzene rings is 2. The van der Waals surface area contributed by atoms with E-state index in [9.17, 15) is 4.79 Å². The van der Waals surface area contributed by atoms with Crippen molar-refractivity contribution in [2.24, 2.45) is 7.05 Å². The van der Waals surface area contributed by atoms with Crippen LogP contribution in [0.4, 0.5) is 5.69 Å². The van der Waals surface area contributed by atoms with Gasteiger partial charge in [-0.25, -0.2) is 0 Å². The van der Waals surface area contributed by atoms with Crippen LogP contribution < -0.4 is 5.32 Å². The first-order chi connectivity index (χ1) is 10.9. The molecule has 1 N–H and O–H groups in total. The number of hydrogen-bond donors (Lipinski definition) is 1. The summed E-state index contributed by atoms with van der Waals surface area (Å²) in [6, 6.07) is 9.25. The molecule has 0 bridgehead atoms. The molecule has 1 amide bonds. The van der Waals surface area contributed by atoms with E-state index in [0.29, 0.717) is 21.4 Å². The van der Waals surface area contributed by atoms with Crippen molar-refractivity contribution in [1.82, 2.24) is 9.78 Å². The maximum atomic E-state index is 12.6. The summed E-state index contributed by atoms with van der Waals surface area (Å²) < 4.78 is 1.69. The zero-order chi connectivity index (χ0) is 16.7. The average molecular weight is 348 g/mol. The summed E-state index contributed by atoms with van der Waals surface area (Å²) in [6.07, 6.45) is 0. The Hall–Kier alpha value is -2.04. The maximum absolute atomic E-state index is 12.6. The third kappa shape index (κ3) is 2.92. The van der Waals surface area contributed by atoms with Gasteiger partial charge in [-0.1, -0.05) is 34.8 Å². The number of fused-ring (bicyclic) bond motifs is 1. The first-order valence-corrected chi connectivity index (χ1v) is 7.83. The number of carbonyl (C=O) groups is 1. The van der Waals surface area contributed by atoms with Gasteiger partial charge in [0, 0.05) is 17.5 Å². The molecule has 2 aromatic carbocycles. The molecule has 4 nitrogen and oxygen atoms in total. The van der Waals surface area contributed by atoms with Gasteiger partial charge in [0.2, 0.25) is 0 Å². The van der Waals surface area contributed by atoms with Gasteiger partial charge < -0.3 is 5.32 Å². The summed E-state index contributed by atoms with van der Waals surface area (Å²) in [5.74, 6) is -0.317. The molecule has 0 spiro atoms. The SMILES string of the molecule is Cc1ccc2c(c1)c(C(=O)Nc1cc(Cl)c(C)cc1Cl)nn2C. The van der Waals surface area contributed by atoms with Crippen LogP contribution in [0.25, 0.3) is 10.9 Å². The fourth-order valence-electron chi connectivity index (χ4n) is 2.47. The van der Waals surface area contributed by atoms with Crippen molar-refractivity contribution in [3.63, 3.8) is 0 Å². The highest BCUT2D eigenvalue weighted by atomic mass is 35.5. The standard InChI is InChI=1S/C17H15Cl2N3O/c1-9-4-5-15-11(6-9)16(21-22(15)3)17(23)20-14-8-12(18)10(2)7-13(14)19/h4-8H,1-3H3,(H,20,23). The van der Waals surface area contributed by atoms with Crippen molar-refractivity contribution >= 4 is 45.7 Å². The Balaban J connectivity index is 2.02. The Bertz CT molecular complexity index is 931. The monoisotopic (exact) mass is 347 g/mol. The van der Waals surface area contributed by atoms with Crippen LogP contribution in [0.1, 0.15) is 21.6 Å². The van der Waals surface area contributed by atoms with Crippen molar-refractivity contribution in [2.45, 2.75) is 13.8 Å². The Morgan fingerprint density at radius 2 is 1.87 bits per heavy atom. The third-order valence-corrected chi connectivity index (χ3v) is 4.44. The molecule has 1 aromatic heterocycles. The summed E-state index contributed by atoms with van der Waals surface area (Å²) in [7, 11) is 1.81. The van der Waals surface area contributed by atoms with E-state index in [2.05, 4.69) is 10.4 Å². The van der Waals surface area contributed by atoms with Crippen LogP contribution in [0.3, 0.4) is 0 Å². The molecular formula is C17H15Cl2N3O. The van der Waals surface area contributed by atoms with Gasteiger partial charge in [0.15, 0.2) is 5.69 Å². The van der Waals surface area contributed by atoms with Gasteiger partial charge in [-0.3, -0.25) is 9.48 Å². The van der Waals surface area contributed by atoms with Crippen molar-refractivity contribution in [3.05, 3.63) is 57.2 Å². The van der Waals surface area contributed by atoms with E-state index in [0.717, 1.165) is 22.0 Å². The van der Waals surface area contributed by atoms with E-state index in [-0.39, 0.29) is 5.91 Å². The largest absolute Gasteiger partial charge is 0.319 e. The van der Waals surface area contributed by atoms with Crippen molar-refractivity contribution < 1.29 is 4.79 Å². The van der Waals surface area contributed by atoms with Crippen LogP contribution in [-0.4, -0.2) is 15.7 Å². The second-order valence-electron chi connectivity index (χ2n) is 5.53. The fourth-order valence-corrected chi connectivity index (χ4v) is 2.90. The number of amides is 1. The Labute approximate surface area is 144 Å². The summed E-state index contributed by atoms with van der Waals surface area (Å²) in [5.41, 5.74) is 3.65. The number of nitrogens with one attached hydrogen (secondary N) is 1. The topological polar surface area (TPSA) is 46.9 Å². The lowest BCUT2D eigenvalue weighted by Gasteiger charge is -2.08. The fraction of sp³-hybridized carbons (Fsp3) is 0.176. The van der Waals surface area contributed by atoms with Crippen LogP contribution in [0, 0.1) is 13.8 Å². The van der Waals surface area contributed by atoms with E-state index in [1.54, 1.807) is 16.8 Å². The van der Waals surface area contributed by atoms with Gasteiger partial charge in [0.1, 0.15) is 0 Å². The van der Waals surface area contributed by atoms with Gasteiger partial charge in [-0.15, -0.1) is 0 Å². The zero-order valence-corrected chi connectivity index (χ0v) is 14.5. The predicted molar refractivity (Wildman–Crippen MR) is 94.6 cm³/mol. The van der Waals surface area contributed by atoms with E-state index in [1.807, 2.05) is 39.1 Å². The van der Waals surface area contributed by atoms with Crippen LogP contribution in [0.5, 0.6) is 0 Å². The van der Waals surface area contributed by atoms with E-state index < -0.39 is 0 Å². The minimum Gasteiger partial charge on any atom is -0.319 e. The molecule has 0 aliphatic rings. The highest BCUT2D eigenvalue weighted by molar-refractivity contribution is 6.36. The lowest BCUT2D eigenvalue weighted by molar-refractivity contribution is 0.102. The van der Waals surface area contributed by atoms with Gasteiger partial charge in [-0.05, 0) is 43.7 Å². The van der Waals surface area contributed by atoms with Gasteiger partial charge in [-0.2, -0.15) is 5.10 Å². The minimum atomic E-state index is -0.317. The molecule has 3 rings (SSSR count). The molecule has 0 saturated heterocycles. The van der Waals surface area contributed by atoms with Crippen LogP contribution in [-0.2, 0) is 7.05 Å². The number of nitrogens with zero attached hydrogens (tertiary/aromatic N) is 2. The number of halogens is 2. The number of aryl methyl sites for hydroxylation is 3. The second-order valence-corrected chi connectivity index (χ2v) is 6.34. The summed E-state index contributed by atoms with van der Waals surface area (Å²) >= 11 is 12.3. The number of hydrogen-bond acceptors (Lipinski definition) is 2. The third-order valence-electron chi connectivity index (χ3n) is 3.72. The number of rotatable bonds is 2. The summed E-state index contributed by atoms with van der Waals surface area (Å²) in [5, 5.41) is 8.91. The molecule has 0 radical (unpaired) electrons. The van der Waals surface area contributed by atoms with E-state index in [4.69, 9.17) is 23.2 Å². The van der Waals surface area contributed by atoms with Crippen molar-refractivity contribution in [3.8, 4) is 0 Å². The molecule has 0 unspecified atom stereocenters. The normalized spacial score (nSPS) is 11.0. The maximum Gasteiger partial charge on any atom is 0.276 e. The number of aromatic nitrogens is 2. The molecule has 118 valence electrons. The van der Waals surface area contributed by atoms with E-state index >= 15 is 0 Å². The van der Waals surface area contributed by atoms with Crippen molar-refractivity contribution in [1.29, 1.82) is 0 Å². The Morgan fingerprint density at radius 3 is 2.61 bits per heavy atom. The number of carbonyl (C=O) groups excluding carboxylic acids is 1. The molecule has 1 heterocycles. The van der Waals surface area contributed by atoms with Crippen LogP contribution in [0.2, 0.25) is 10.0 Å². The smallest absolute Gasteiger partial charge is 0.276 e. The first-order valence-electron chi connectivity index (χ1n) is 7.07. The van der Waals surface area contributed by atoms with Crippen LogP contribution >= 0.6 is 23.2 Å². The van der Waals surface area contributed by atoms with Gasteiger partial charge in [0.25, 0.3) is 5.91 Å². The molecule has 3 aromatic rings. The molecule has 0 fully saturated rings. The lowest BCUT2D eigenvalue weighted by Crippen LogP contribution is -2.13. The predicted octanol–water partition coefficient (Wildman–Crippen LogP) is 4.75. The van der Waals surface area contributed by atoms with Crippen LogP contribution in [0.15, 0.2) is 30.3 Å². The molecule has 6 heteroatoms. The zero-order valence-electron chi connectivity index (χ0n) is 12.9. The second kappa shape index (κ2) is 5.87. The quantitative estimate of drug-likeness (QED) is 0.727. The molecule has 0 atom stereocenters. The molecule has 23 heavy (non-hydrogen) atoms. The van der Waals surface area contributed by atoms with E-state index in [1.165, 1.54) is 0 Å².